The topological polar surface area (TPSA) is 81.7 Å². The molecule has 10 heteroatoms. The molecule has 0 spiro atoms. The lowest BCUT2D eigenvalue weighted by Gasteiger charge is -2.07. The number of hydrogen-bond acceptors (Lipinski definition) is 5. The summed E-state index contributed by atoms with van der Waals surface area (Å²) in [5.41, 5.74) is 2.09. The van der Waals surface area contributed by atoms with Gasteiger partial charge in [0.25, 0.3) is 5.91 Å². The standard InChI is InChI=1S/C22H19F3N4O3/c1-13-19(14(2)32-28-13)12-31-18-6-3-15(4-7-18)21(30)26-9-17-11-29-10-16(22(23,24)25)5-8-20(29)27-17/h3-8,10-11H,9,12H2,1-2H3,(H,26,30). The Morgan fingerprint density at radius 3 is 2.53 bits per heavy atom. The summed E-state index contributed by atoms with van der Waals surface area (Å²) in [6, 6.07) is 8.86. The largest absolute Gasteiger partial charge is 0.489 e. The van der Waals surface area contributed by atoms with Gasteiger partial charge < -0.3 is 19.0 Å². The fraction of sp³-hybridized carbons (Fsp3) is 0.227. The minimum Gasteiger partial charge on any atom is -0.489 e. The maximum absolute atomic E-state index is 12.8. The van der Waals surface area contributed by atoms with Gasteiger partial charge in [-0.15, -0.1) is 0 Å². The van der Waals surface area contributed by atoms with Gasteiger partial charge in [0.1, 0.15) is 23.8 Å². The number of rotatable bonds is 6. The van der Waals surface area contributed by atoms with Gasteiger partial charge in [0.2, 0.25) is 0 Å². The molecule has 4 aromatic rings. The van der Waals surface area contributed by atoms with Crippen LogP contribution in [0.5, 0.6) is 5.75 Å². The van der Waals surface area contributed by atoms with E-state index < -0.39 is 11.7 Å². The zero-order valence-electron chi connectivity index (χ0n) is 17.2. The zero-order valence-corrected chi connectivity index (χ0v) is 17.2. The molecule has 3 aromatic heterocycles. The van der Waals surface area contributed by atoms with Gasteiger partial charge in [0.05, 0.1) is 29.1 Å². The molecule has 0 unspecified atom stereocenters. The maximum atomic E-state index is 12.8. The van der Waals surface area contributed by atoms with Gasteiger partial charge in [0.15, 0.2) is 0 Å². The van der Waals surface area contributed by atoms with Crippen LogP contribution >= 0.6 is 0 Å². The van der Waals surface area contributed by atoms with Crippen LogP contribution in [-0.2, 0) is 19.3 Å². The number of imidazole rings is 1. The number of ether oxygens (including phenoxy) is 1. The summed E-state index contributed by atoms with van der Waals surface area (Å²) in [5.74, 6) is 0.942. The smallest absolute Gasteiger partial charge is 0.417 e. The van der Waals surface area contributed by atoms with Crippen molar-refractivity contribution in [2.24, 2.45) is 0 Å². The van der Waals surface area contributed by atoms with E-state index in [9.17, 15) is 18.0 Å². The van der Waals surface area contributed by atoms with Crippen LogP contribution in [0.4, 0.5) is 13.2 Å². The lowest BCUT2D eigenvalue weighted by molar-refractivity contribution is -0.137. The molecule has 1 N–H and O–H groups in total. The molecule has 0 aliphatic heterocycles. The van der Waals surface area contributed by atoms with Crippen molar-refractivity contribution in [3.05, 3.63) is 82.6 Å². The number of pyridine rings is 1. The molecule has 0 bridgehead atoms. The molecule has 4 rings (SSSR count). The number of benzene rings is 1. The molecule has 32 heavy (non-hydrogen) atoms. The molecule has 0 saturated heterocycles. The fourth-order valence-corrected chi connectivity index (χ4v) is 3.14. The minimum absolute atomic E-state index is 0.0756. The highest BCUT2D eigenvalue weighted by atomic mass is 19.4. The highest BCUT2D eigenvalue weighted by Crippen LogP contribution is 2.29. The van der Waals surface area contributed by atoms with Crippen LogP contribution in [-0.4, -0.2) is 20.4 Å². The van der Waals surface area contributed by atoms with E-state index in [1.807, 2.05) is 13.8 Å². The summed E-state index contributed by atoms with van der Waals surface area (Å²) < 4.78 is 50.6. The molecular weight excluding hydrogens is 425 g/mol. The van der Waals surface area contributed by atoms with Crippen molar-refractivity contribution in [1.29, 1.82) is 0 Å². The van der Waals surface area contributed by atoms with Crippen molar-refractivity contribution in [3.63, 3.8) is 0 Å². The number of amides is 1. The fourth-order valence-electron chi connectivity index (χ4n) is 3.14. The molecule has 0 atom stereocenters. The number of aromatic nitrogens is 3. The quantitative estimate of drug-likeness (QED) is 0.475. The average molecular weight is 444 g/mol. The van der Waals surface area contributed by atoms with E-state index in [1.54, 1.807) is 24.3 Å². The Bertz CT molecular complexity index is 1240. The summed E-state index contributed by atoms with van der Waals surface area (Å²) >= 11 is 0. The second kappa shape index (κ2) is 8.37. The Morgan fingerprint density at radius 1 is 1.12 bits per heavy atom. The third-order valence-electron chi connectivity index (χ3n) is 4.94. The van der Waals surface area contributed by atoms with Crippen LogP contribution in [0, 0.1) is 13.8 Å². The number of halogens is 3. The van der Waals surface area contributed by atoms with Crippen LogP contribution in [0.15, 0.2) is 53.3 Å². The predicted molar refractivity (Wildman–Crippen MR) is 108 cm³/mol. The normalized spacial score (nSPS) is 11.7. The summed E-state index contributed by atoms with van der Waals surface area (Å²) in [5, 5.41) is 6.59. The van der Waals surface area contributed by atoms with Crippen LogP contribution in [0.25, 0.3) is 5.65 Å². The first-order chi connectivity index (χ1) is 15.2. The zero-order chi connectivity index (χ0) is 22.9. The van der Waals surface area contributed by atoms with Crippen molar-refractivity contribution in [2.75, 3.05) is 0 Å². The Hall–Kier alpha value is -3.82. The van der Waals surface area contributed by atoms with Gasteiger partial charge >= 0.3 is 6.18 Å². The summed E-state index contributed by atoms with van der Waals surface area (Å²) in [6.45, 7) is 4.02. The number of fused-ring (bicyclic) bond motifs is 1. The number of aryl methyl sites for hydroxylation is 2. The van der Waals surface area contributed by atoms with Crippen LogP contribution in [0.1, 0.15) is 38.6 Å². The summed E-state index contributed by atoms with van der Waals surface area (Å²) in [7, 11) is 0. The Kier molecular flexibility index (Phi) is 5.60. The first-order valence-corrected chi connectivity index (χ1v) is 9.68. The first kappa shape index (κ1) is 21.4. The SMILES string of the molecule is Cc1noc(C)c1COc1ccc(C(=O)NCc2cn3cc(C(F)(F)F)ccc3n2)cc1. The monoisotopic (exact) mass is 444 g/mol. The Morgan fingerprint density at radius 2 is 1.88 bits per heavy atom. The molecule has 7 nitrogen and oxygen atoms in total. The van der Waals surface area contributed by atoms with E-state index in [1.165, 1.54) is 16.7 Å². The number of alkyl halides is 3. The second-order valence-electron chi connectivity index (χ2n) is 7.21. The van der Waals surface area contributed by atoms with E-state index >= 15 is 0 Å². The van der Waals surface area contributed by atoms with Gasteiger partial charge in [-0.3, -0.25) is 4.79 Å². The molecule has 1 amide bonds. The number of carbonyl (C=O) groups is 1. The molecule has 0 aliphatic carbocycles. The van der Waals surface area contributed by atoms with Crippen molar-refractivity contribution in [1.82, 2.24) is 19.9 Å². The van der Waals surface area contributed by atoms with Crippen LogP contribution in [0.2, 0.25) is 0 Å². The number of hydrogen-bond donors (Lipinski definition) is 1. The molecule has 0 saturated carbocycles. The van der Waals surface area contributed by atoms with Crippen molar-refractivity contribution < 1.29 is 27.2 Å². The third-order valence-corrected chi connectivity index (χ3v) is 4.94. The molecule has 3 heterocycles. The first-order valence-electron chi connectivity index (χ1n) is 9.68. The number of carbonyl (C=O) groups excluding carboxylic acids is 1. The third kappa shape index (κ3) is 4.58. The number of nitrogens with one attached hydrogen (secondary N) is 1. The Labute approximate surface area is 180 Å². The van der Waals surface area contributed by atoms with Crippen LogP contribution in [0.3, 0.4) is 0 Å². The van der Waals surface area contributed by atoms with Crippen molar-refractivity contribution in [2.45, 2.75) is 33.2 Å². The van der Waals surface area contributed by atoms with Crippen molar-refractivity contribution >= 4 is 11.6 Å². The molecule has 0 aliphatic rings. The van der Waals surface area contributed by atoms with Gasteiger partial charge in [-0.1, -0.05) is 5.16 Å². The van der Waals surface area contributed by atoms with Crippen molar-refractivity contribution in [3.8, 4) is 5.75 Å². The molecule has 1 aromatic carbocycles. The van der Waals surface area contributed by atoms with E-state index in [0.29, 0.717) is 35.0 Å². The van der Waals surface area contributed by atoms with Gasteiger partial charge in [-0.05, 0) is 50.2 Å². The Balaban J connectivity index is 1.35. The lowest BCUT2D eigenvalue weighted by atomic mass is 10.2. The van der Waals surface area contributed by atoms with Gasteiger partial charge in [0, 0.05) is 18.0 Å². The van der Waals surface area contributed by atoms with Gasteiger partial charge in [-0.2, -0.15) is 13.2 Å². The number of nitrogens with zero attached hydrogens (tertiary/aromatic N) is 3. The van der Waals surface area contributed by atoms with Gasteiger partial charge in [-0.25, -0.2) is 4.98 Å². The highest BCUT2D eigenvalue weighted by molar-refractivity contribution is 5.94. The second-order valence-corrected chi connectivity index (χ2v) is 7.21. The molecular formula is C22H19F3N4O3. The summed E-state index contributed by atoms with van der Waals surface area (Å²) in [4.78, 5) is 16.6. The van der Waals surface area contributed by atoms with E-state index in [2.05, 4.69) is 15.5 Å². The van der Waals surface area contributed by atoms with E-state index in [-0.39, 0.29) is 12.5 Å². The van der Waals surface area contributed by atoms with E-state index in [0.717, 1.165) is 23.5 Å². The molecule has 166 valence electrons. The molecule has 0 fully saturated rings. The summed E-state index contributed by atoms with van der Waals surface area (Å²) in [6.07, 6.45) is -2.01. The average Bonchev–Trinajstić information content (AvgIpc) is 3.32. The minimum atomic E-state index is -4.43. The van der Waals surface area contributed by atoms with E-state index in [4.69, 9.17) is 9.26 Å². The molecule has 0 radical (unpaired) electrons. The maximum Gasteiger partial charge on any atom is 0.417 e. The highest BCUT2D eigenvalue weighted by Gasteiger charge is 2.30. The van der Waals surface area contributed by atoms with Crippen LogP contribution < -0.4 is 10.1 Å². The predicted octanol–water partition coefficient (Wildman–Crippen LogP) is 4.47. The lowest BCUT2D eigenvalue weighted by Crippen LogP contribution is -2.22.